The van der Waals surface area contributed by atoms with Gasteiger partial charge in [-0.2, -0.15) is 5.26 Å². The number of hydrogen-bond donors (Lipinski definition) is 2. The van der Waals surface area contributed by atoms with Crippen molar-refractivity contribution in [3.05, 3.63) is 101 Å². The van der Waals surface area contributed by atoms with Crippen molar-refractivity contribution in [2.45, 2.75) is 23.6 Å². The lowest BCUT2D eigenvalue weighted by atomic mass is 10.1. The average molecular weight is 432 g/mol. The number of aromatic nitrogens is 3. The largest absolute Gasteiger partial charge is 0.293 e. The first-order valence-corrected chi connectivity index (χ1v) is 10.9. The summed E-state index contributed by atoms with van der Waals surface area (Å²) in [6, 6.07) is 13.6. The van der Waals surface area contributed by atoms with Crippen LogP contribution in [0.4, 0.5) is 0 Å². The first-order chi connectivity index (χ1) is 14.8. The lowest BCUT2D eigenvalue weighted by Gasteiger charge is -2.08. The van der Waals surface area contributed by atoms with Crippen LogP contribution in [0.2, 0.25) is 0 Å². The van der Waals surface area contributed by atoms with Crippen molar-refractivity contribution in [1.82, 2.24) is 14.8 Å². The third kappa shape index (κ3) is 4.32. The molecule has 0 fully saturated rings. The predicted octanol–water partition coefficient (Wildman–Crippen LogP) is 4.37. The van der Waals surface area contributed by atoms with Crippen LogP contribution in [0.15, 0.2) is 93.6 Å². The van der Waals surface area contributed by atoms with Crippen molar-refractivity contribution in [3.8, 4) is 11.9 Å². The molecule has 1 atom stereocenters. The summed E-state index contributed by atoms with van der Waals surface area (Å²) in [5, 5.41) is 12.0. The smallest absolute Gasteiger partial charge is 0.280 e. The van der Waals surface area contributed by atoms with Gasteiger partial charge in [0.05, 0.1) is 27.0 Å². The molecule has 7 nitrogen and oxygen atoms in total. The summed E-state index contributed by atoms with van der Waals surface area (Å²) in [5.41, 5.74) is 1.89. The van der Waals surface area contributed by atoms with Crippen molar-refractivity contribution < 1.29 is 4.21 Å². The zero-order valence-electron chi connectivity index (χ0n) is 17.1. The van der Waals surface area contributed by atoms with Crippen LogP contribution in [0.25, 0.3) is 11.4 Å². The van der Waals surface area contributed by atoms with Crippen LogP contribution in [0.3, 0.4) is 0 Å². The van der Waals surface area contributed by atoms with Gasteiger partial charge in [-0.15, -0.1) is 0 Å². The van der Waals surface area contributed by atoms with E-state index in [1.54, 1.807) is 68.5 Å². The normalized spacial score (nSPS) is 14.0. The predicted molar refractivity (Wildman–Crippen MR) is 120 cm³/mol. The third-order valence-electron chi connectivity index (χ3n) is 4.68. The van der Waals surface area contributed by atoms with Crippen LogP contribution >= 0.6 is 0 Å². The van der Waals surface area contributed by atoms with Gasteiger partial charge in [-0.25, -0.2) is 18.7 Å². The van der Waals surface area contributed by atoms with Crippen molar-refractivity contribution in [1.29, 1.82) is 10.0 Å². The Labute approximate surface area is 180 Å². The minimum Gasteiger partial charge on any atom is -0.293 e. The van der Waals surface area contributed by atoms with E-state index in [9.17, 15) is 9.00 Å². The van der Waals surface area contributed by atoms with E-state index in [4.69, 9.17) is 10.0 Å². The van der Waals surface area contributed by atoms with Crippen LogP contribution in [0.5, 0.6) is 0 Å². The monoisotopic (exact) mass is 431 g/mol. The Morgan fingerprint density at radius 2 is 1.94 bits per heavy atom. The second-order valence-corrected chi connectivity index (χ2v) is 8.82. The van der Waals surface area contributed by atoms with E-state index in [0.29, 0.717) is 33.1 Å². The number of pyridine rings is 1. The molecule has 3 rings (SSSR count). The SMILES string of the molecule is C=C/C(C#N)=C\C=C(/C)c1c(C)[nH]n(-c2ccc(S(=N)(=O)c3ccccc3)cn2)c1=O. The second kappa shape index (κ2) is 8.81. The number of rotatable bonds is 6. The number of aromatic amines is 1. The summed E-state index contributed by atoms with van der Waals surface area (Å²) in [4.78, 5) is 17.9. The molecular formula is C23H21N5O2S. The second-order valence-electron chi connectivity index (χ2n) is 6.76. The number of nitrogens with one attached hydrogen (secondary N) is 2. The Morgan fingerprint density at radius 3 is 2.52 bits per heavy atom. The Bertz CT molecular complexity index is 1380. The number of H-pyrrole nitrogens is 1. The number of hydrogen-bond acceptors (Lipinski definition) is 5. The molecule has 31 heavy (non-hydrogen) atoms. The van der Waals surface area contributed by atoms with Gasteiger partial charge in [0.25, 0.3) is 5.56 Å². The Balaban J connectivity index is 1.99. The standard InChI is InChI=1S/C23H21N5O2S/c1-4-18(14-24)11-10-16(2)22-17(3)27-28(23(22)29)21-13-12-20(15-26-21)31(25,30)19-8-6-5-7-9-19/h4-13,15,25,27H,1H2,2-3H3/b16-10+,18-11+. The quantitative estimate of drug-likeness (QED) is 0.445. The highest BCUT2D eigenvalue weighted by Crippen LogP contribution is 2.21. The maximum Gasteiger partial charge on any atom is 0.280 e. The highest BCUT2D eigenvalue weighted by molar-refractivity contribution is 7.92. The van der Waals surface area contributed by atoms with E-state index in [1.165, 1.54) is 17.0 Å². The highest BCUT2D eigenvalue weighted by atomic mass is 32.2. The molecule has 8 heteroatoms. The molecule has 156 valence electrons. The number of nitrogens with zero attached hydrogens (tertiary/aromatic N) is 3. The number of nitriles is 1. The van der Waals surface area contributed by atoms with Gasteiger partial charge in [-0.05, 0) is 49.8 Å². The Kier molecular flexibility index (Phi) is 6.18. The molecule has 3 aromatic rings. The minimum atomic E-state index is -3.20. The van der Waals surface area contributed by atoms with Gasteiger partial charge in [0.1, 0.15) is 9.73 Å². The van der Waals surface area contributed by atoms with Crippen LogP contribution < -0.4 is 5.56 Å². The summed E-state index contributed by atoms with van der Waals surface area (Å²) in [7, 11) is -3.20. The van der Waals surface area contributed by atoms with E-state index < -0.39 is 9.73 Å². The van der Waals surface area contributed by atoms with Crippen LogP contribution in [-0.4, -0.2) is 19.0 Å². The summed E-state index contributed by atoms with van der Waals surface area (Å²) in [5.74, 6) is 0.318. The van der Waals surface area contributed by atoms with Crippen molar-refractivity contribution in [2.24, 2.45) is 0 Å². The molecule has 0 spiro atoms. The van der Waals surface area contributed by atoms with Gasteiger partial charge in [-0.1, -0.05) is 36.9 Å². The Morgan fingerprint density at radius 1 is 1.23 bits per heavy atom. The van der Waals surface area contributed by atoms with Gasteiger partial charge in [0, 0.05) is 11.9 Å². The van der Waals surface area contributed by atoms with E-state index >= 15 is 0 Å². The van der Waals surface area contributed by atoms with E-state index in [-0.39, 0.29) is 10.5 Å². The maximum atomic E-state index is 13.0. The molecule has 2 N–H and O–H groups in total. The van der Waals surface area contributed by atoms with Gasteiger partial charge in [0.2, 0.25) is 0 Å². The molecule has 0 bridgehead atoms. The van der Waals surface area contributed by atoms with Gasteiger partial charge in [-0.3, -0.25) is 9.89 Å². The van der Waals surface area contributed by atoms with Crippen LogP contribution in [0.1, 0.15) is 18.2 Å². The Hall–Kier alpha value is -3.96. The van der Waals surface area contributed by atoms with Gasteiger partial charge >= 0.3 is 0 Å². The first-order valence-electron chi connectivity index (χ1n) is 9.33. The summed E-state index contributed by atoms with van der Waals surface area (Å²) < 4.78 is 22.5. The number of aryl methyl sites for hydroxylation is 1. The van der Waals surface area contributed by atoms with Crippen LogP contribution in [-0.2, 0) is 9.73 Å². The molecule has 1 aromatic carbocycles. The molecular weight excluding hydrogens is 410 g/mol. The van der Waals surface area contributed by atoms with Gasteiger partial charge in [0.15, 0.2) is 5.82 Å². The molecule has 0 radical (unpaired) electrons. The fraction of sp³-hybridized carbons (Fsp3) is 0.0870. The van der Waals surface area contributed by atoms with E-state index in [2.05, 4.69) is 16.7 Å². The third-order valence-corrected chi connectivity index (χ3v) is 6.53. The number of allylic oxidation sites excluding steroid dienone is 5. The molecule has 0 saturated carbocycles. The minimum absolute atomic E-state index is 0.258. The molecule has 2 aromatic heterocycles. The molecule has 1 unspecified atom stereocenters. The van der Waals surface area contributed by atoms with E-state index in [0.717, 1.165) is 0 Å². The van der Waals surface area contributed by atoms with Gasteiger partial charge < -0.3 is 0 Å². The number of benzene rings is 1. The molecule has 0 aliphatic rings. The van der Waals surface area contributed by atoms with Crippen LogP contribution in [0, 0.1) is 23.0 Å². The molecule has 0 saturated heterocycles. The summed E-state index contributed by atoms with van der Waals surface area (Å²) >= 11 is 0. The fourth-order valence-corrected chi connectivity index (χ4v) is 4.32. The maximum absolute atomic E-state index is 13.0. The lowest BCUT2D eigenvalue weighted by molar-refractivity contribution is 0.674. The average Bonchev–Trinajstić information content (AvgIpc) is 3.09. The van der Waals surface area contributed by atoms with Crippen molar-refractivity contribution >= 4 is 15.3 Å². The summed E-state index contributed by atoms with van der Waals surface area (Å²) in [6.45, 7) is 7.12. The van der Waals surface area contributed by atoms with E-state index in [1.807, 2.05) is 6.07 Å². The zero-order chi connectivity index (χ0) is 22.6. The molecule has 0 amide bonds. The fourth-order valence-electron chi connectivity index (χ4n) is 3.04. The molecule has 0 aliphatic heterocycles. The van der Waals surface area contributed by atoms with Crippen molar-refractivity contribution in [3.63, 3.8) is 0 Å². The highest BCUT2D eigenvalue weighted by Gasteiger charge is 2.17. The first kappa shape index (κ1) is 21.7. The van der Waals surface area contributed by atoms with Crippen molar-refractivity contribution in [2.75, 3.05) is 0 Å². The topological polar surface area (TPSA) is 115 Å². The lowest BCUT2D eigenvalue weighted by Crippen LogP contribution is -2.18. The summed E-state index contributed by atoms with van der Waals surface area (Å²) in [6.07, 6.45) is 6.08. The zero-order valence-corrected chi connectivity index (χ0v) is 17.9. The molecule has 2 heterocycles. The molecule has 0 aliphatic carbocycles.